The monoisotopic (exact) mass is 632 g/mol. The van der Waals surface area contributed by atoms with E-state index in [9.17, 15) is 0 Å². The van der Waals surface area contributed by atoms with Crippen molar-refractivity contribution in [1.29, 1.82) is 0 Å². The van der Waals surface area contributed by atoms with Gasteiger partial charge in [-0.3, -0.25) is 0 Å². The standard InChI is InChI=1S/C50H32/c1-3-15-33(16-4-1)36-27-29-44(40-21-9-7-19-38(36)40)48-31-35-32-49(43-24-12-14-26-47(43)50(35)46-25-13-11-23-42(46)48)45-30-28-37(34-17-5-2-6-18-34)39-20-8-10-22-41(39)45/h1-32H. The maximum Gasteiger partial charge on any atom is -0.00259 e. The van der Waals surface area contributed by atoms with Crippen LogP contribution < -0.4 is 0 Å². The lowest BCUT2D eigenvalue weighted by Gasteiger charge is -2.19. The van der Waals surface area contributed by atoms with Crippen LogP contribution in [0.5, 0.6) is 0 Å². The van der Waals surface area contributed by atoms with Crippen LogP contribution in [-0.2, 0) is 0 Å². The first kappa shape index (κ1) is 28.5. The van der Waals surface area contributed by atoms with Crippen molar-refractivity contribution >= 4 is 53.9 Å². The van der Waals surface area contributed by atoms with Crippen molar-refractivity contribution in [3.8, 4) is 44.5 Å². The van der Waals surface area contributed by atoms with Crippen LogP contribution in [0.3, 0.4) is 0 Å². The molecule has 0 aliphatic heterocycles. The lowest BCUT2D eigenvalue weighted by molar-refractivity contribution is 1.64. The number of benzene rings is 10. The third-order valence-corrected chi connectivity index (χ3v) is 10.5. The van der Waals surface area contributed by atoms with E-state index < -0.39 is 0 Å². The van der Waals surface area contributed by atoms with Gasteiger partial charge in [0.25, 0.3) is 0 Å². The number of fused-ring (bicyclic) bond motifs is 7. The topological polar surface area (TPSA) is 0 Å². The third kappa shape index (κ3) is 4.46. The van der Waals surface area contributed by atoms with Crippen LogP contribution >= 0.6 is 0 Å². The molecular weight excluding hydrogens is 601 g/mol. The lowest BCUT2D eigenvalue weighted by Crippen LogP contribution is -1.91. The fourth-order valence-electron chi connectivity index (χ4n) is 8.23. The minimum atomic E-state index is 1.24. The summed E-state index contributed by atoms with van der Waals surface area (Å²) in [4.78, 5) is 0. The summed E-state index contributed by atoms with van der Waals surface area (Å²) in [6.07, 6.45) is 0. The highest BCUT2D eigenvalue weighted by molar-refractivity contribution is 6.27. The lowest BCUT2D eigenvalue weighted by atomic mass is 9.84. The predicted octanol–water partition coefficient (Wildman–Crippen LogP) is 14.1. The molecule has 0 aromatic heterocycles. The molecule has 0 atom stereocenters. The Morgan fingerprint density at radius 2 is 0.480 bits per heavy atom. The summed E-state index contributed by atoms with van der Waals surface area (Å²) in [5.74, 6) is 0. The normalized spacial score (nSPS) is 11.6. The van der Waals surface area contributed by atoms with Crippen molar-refractivity contribution in [2.24, 2.45) is 0 Å². The Morgan fingerprint density at radius 3 is 0.860 bits per heavy atom. The van der Waals surface area contributed by atoms with Gasteiger partial charge >= 0.3 is 0 Å². The van der Waals surface area contributed by atoms with E-state index in [0.29, 0.717) is 0 Å². The van der Waals surface area contributed by atoms with Crippen molar-refractivity contribution in [3.63, 3.8) is 0 Å². The van der Waals surface area contributed by atoms with Crippen LogP contribution in [0.4, 0.5) is 0 Å². The van der Waals surface area contributed by atoms with Crippen LogP contribution in [0.25, 0.3) is 98.4 Å². The largest absolute Gasteiger partial charge is 0.0622 e. The Hall–Kier alpha value is -6.50. The van der Waals surface area contributed by atoms with Gasteiger partial charge in [-0.2, -0.15) is 0 Å². The van der Waals surface area contributed by atoms with Gasteiger partial charge in [-0.15, -0.1) is 0 Å². The summed E-state index contributed by atoms with van der Waals surface area (Å²) in [7, 11) is 0. The molecule has 10 rings (SSSR count). The quantitative estimate of drug-likeness (QED) is 0.169. The molecule has 0 amide bonds. The van der Waals surface area contributed by atoms with E-state index in [1.807, 2.05) is 0 Å². The smallest absolute Gasteiger partial charge is 0.00259 e. The second-order valence-corrected chi connectivity index (χ2v) is 13.2. The second kappa shape index (κ2) is 11.6. The first-order valence-corrected chi connectivity index (χ1v) is 17.4. The Kier molecular flexibility index (Phi) is 6.60. The van der Waals surface area contributed by atoms with E-state index >= 15 is 0 Å². The average molecular weight is 633 g/mol. The molecule has 0 aliphatic carbocycles. The zero-order valence-corrected chi connectivity index (χ0v) is 27.5. The second-order valence-electron chi connectivity index (χ2n) is 13.2. The van der Waals surface area contributed by atoms with Crippen LogP contribution in [0, 0.1) is 0 Å². The van der Waals surface area contributed by atoms with Crippen molar-refractivity contribution < 1.29 is 0 Å². The molecule has 0 saturated carbocycles. The van der Waals surface area contributed by atoms with Crippen molar-refractivity contribution in [2.45, 2.75) is 0 Å². The number of hydrogen-bond acceptors (Lipinski definition) is 0. The van der Waals surface area contributed by atoms with Gasteiger partial charge in [0, 0.05) is 0 Å². The van der Waals surface area contributed by atoms with Crippen LogP contribution in [0.2, 0.25) is 0 Å². The molecule has 232 valence electrons. The zero-order valence-electron chi connectivity index (χ0n) is 27.5. The van der Waals surface area contributed by atoms with Gasteiger partial charge in [0.05, 0.1) is 0 Å². The molecule has 0 unspecified atom stereocenters. The SMILES string of the molecule is c1ccc(-c2ccc(-c3cc4cc(-c5ccc(-c6ccccc6)c6ccccc56)c5ccccc5c4c4ccccc34)c3ccccc23)cc1. The molecule has 0 heterocycles. The molecule has 50 heavy (non-hydrogen) atoms. The van der Waals surface area contributed by atoms with E-state index in [2.05, 4.69) is 194 Å². The molecule has 0 radical (unpaired) electrons. The van der Waals surface area contributed by atoms with Gasteiger partial charge in [0.15, 0.2) is 0 Å². The highest BCUT2D eigenvalue weighted by Crippen LogP contribution is 2.46. The van der Waals surface area contributed by atoms with Crippen LogP contribution in [-0.4, -0.2) is 0 Å². The Morgan fingerprint density at radius 1 is 0.200 bits per heavy atom. The molecule has 0 fully saturated rings. The highest BCUT2D eigenvalue weighted by Gasteiger charge is 2.18. The number of hydrogen-bond donors (Lipinski definition) is 0. The summed E-state index contributed by atoms with van der Waals surface area (Å²) in [5.41, 5.74) is 10.0. The molecule has 10 aromatic carbocycles. The summed E-state index contributed by atoms with van der Waals surface area (Å²) >= 11 is 0. The average Bonchev–Trinajstić information content (AvgIpc) is 3.20. The van der Waals surface area contributed by atoms with Crippen LogP contribution in [0.15, 0.2) is 194 Å². The first-order chi connectivity index (χ1) is 24.8. The molecule has 0 spiro atoms. The van der Waals surface area contributed by atoms with Gasteiger partial charge in [-0.25, -0.2) is 0 Å². The van der Waals surface area contributed by atoms with E-state index in [4.69, 9.17) is 0 Å². The Balaban J connectivity index is 1.28. The molecule has 10 aromatic rings. The molecule has 0 bridgehead atoms. The van der Waals surface area contributed by atoms with Gasteiger partial charge in [-0.05, 0) is 111 Å². The molecule has 0 aliphatic rings. The summed E-state index contributed by atoms with van der Waals surface area (Å²) in [5, 5.41) is 12.7. The molecule has 0 nitrogen and oxygen atoms in total. The minimum Gasteiger partial charge on any atom is -0.0622 e. The minimum absolute atomic E-state index is 1.24. The van der Waals surface area contributed by atoms with E-state index in [1.54, 1.807) is 0 Å². The van der Waals surface area contributed by atoms with Crippen molar-refractivity contribution in [1.82, 2.24) is 0 Å². The third-order valence-electron chi connectivity index (χ3n) is 10.5. The first-order valence-electron chi connectivity index (χ1n) is 17.4. The molecule has 0 heteroatoms. The van der Waals surface area contributed by atoms with Gasteiger partial charge in [-0.1, -0.05) is 182 Å². The fraction of sp³-hybridized carbons (Fsp3) is 0. The molecular formula is C50H32. The van der Waals surface area contributed by atoms with Crippen molar-refractivity contribution in [2.75, 3.05) is 0 Å². The summed E-state index contributed by atoms with van der Waals surface area (Å²) < 4.78 is 0. The van der Waals surface area contributed by atoms with E-state index in [0.717, 1.165) is 0 Å². The summed E-state index contributed by atoms with van der Waals surface area (Å²) in [6, 6.07) is 71.3. The highest BCUT2D eigenvalue weighted by atomic mass is 14.2. The van der Waals surface area contributed by atoms with E-state index in [-0.39, 0.29) is 0 Å². The molecule has 0 N–H and O–H groups in total. The van der Waals surface area contributed by atoms with Gasteiger partial charge in [0.1, 0.15) is 0 Å². The zero-order chi connectivity index (χ0) is 33.0. The predicted molar refractivity (Wildman–Crippen MR) is 216 cm³/mol. The summed E-state index contributed by atoms with van der Waals surface area (Å²) in [6.45, 7) is 0. The van der Waals surface area contributed by atoms with Gasteiger partial charge < -0.3 is 0 Å². The van der Waals surface area contributed by atoms with Crippen LogP contribution in [0.1, 0.15) is 0 Å². The number of rotatable bonds is 4. The fourth-order valence-corrected chi connectivity index (χ4v) is 8.23. The van der Waals surface area contributed by atoms with Gasteiger partial charge in [0.2, 0.25) is 0 Å². The molecule has 0 saturated heterocycles. The van der Waals surface area contributed by atoms with Crippen molar-refractivity contribution in [3.05, 3.63) is 194 Å². The Bertz CT molecular complexity index is 2700. The maximum absolute atomic E-state index is 2.44. The van der Waals surface area contributed by atoms with E-state index in [1.165, 1.54) is 98.4 Å². The Labute approximate surface area is 291 Å². The maximum atomic E-state index is 2.44.